The number of anilines is 1. The minimum absolute atomic E-state index is 0.269. The highest BCUT2D eigenvalue weighted by Gasteiger charge is 2.15. The Hall–Kier alpha value is -1.58. The maximum absolute atomic E-state index is 5.97. The Kier molecular flexibility index (Phi) is 5.59. The average Bonchev–Trinajstić information content (AvgIpc) is 2.52. The van der Waals surface area contributed by atoms with Crippen LogP contribution in [-0.4, -0.2) is 18.6 Å². The van der Waals surface area contributed by atoms with Gasteiger partial charge < -0.3 is 10.2 Å². The van der Waals surface area contributed by atoms with Crippen molar-refractivity contribution in [2.24, 2.45) is 0 Å². The van der Waals surface area contributed by atoms with Gasteiger partial charge in [-0.25, -0.2) is 0 Å². The molecule has 0 saturated heterocycles. The fourth-order valence-corrected chi connectivity index (χ4v) is 2.46. The minimum Gasteiger partial charge on any atom is -0.367 e. The zero-order valence-corrected chi connectivity index (χ0v) is 13.6. The molecule has 4 heteroatoms. The number of nitrogens with zero attached hydrogens (tertiary/aromatic N) is 2. The number of pyridine rings is 1. The van der Waals surface area contributed by atoms with E-state index in [0.717, 1.165) is 18.1 Å². The molecule has 0 amide bonds. The van der Waals surface area contributed by atoms with E-state index in [2.05, 4.69) is 54.3 Å². The monoisotopic (exact) mass is 303 g/mol. The van der Waals surface area contributed by atoms with Gasteiger partial charge in [0.2, 0.25) is 0 Å². The van der Waals surface area contributed by atoms with Crippen LogP contribution in [0.25, 0.3) is 0 Å². The van der Waals surface area contributed by atoms with Crippen LogP contribution >= 0.6 is 11.6 Å². The normalized spacial score (nSPS) is 12.2. The number of halogens is 1. The summed E-state index contributed by atoms with van der Waals surface area (Å²) in [5, 5.41) is 4.13. The predicted molar refractivity (Wildman–Crippen MR) is 89.9 cm³/mol. The third kappa shape index (κ3) is 3.96. The summed E-state index contributed by atoms with van der Waals surface area (Å²) in [5.74, 6) is 0. The molecular formula is C17H22ClN3. The molecule has 21 heavy (non-hydrogen) atoms. The van der Waals surface area contributed by atoms with Crippen molar-refractivity contribution in [2.45, 2.75) is 26.4 Å². The van der Waals surface area contributed by atoms with Crippen LogP contribution in [-0.2, 0) is 6.54 Å². The Morgan fingerprint density at radius 3 is 2.62 bits per heavy atom. The molecule has 2 rings (SSSR count). The first kappa shape index (κ1) is 15.8. The molecule has 0 aliphatic heterocycles. The summed E-state index contributed by atoms with van der Waals surface area (Å²) in [6, 6.07) is 10.4. The second-order valence-corrected chi connectivity index (χ2v) is 5.56. The van der Waals surface area contributed by atoms with E-state index in [9.17, 15) is 0 Å². The Balaban J connectivity index is 2.22. The van der Waals surface area contributed by atoms with Gasteiger partial charge in [-0.1, -0.05) is 30.7 Å². The van der Waals surface area contributed by atoms with Crippen molar-refractivity contribution in [1.29, 1.82) is 0 Å². The second-order valence-electron chi connectivity index (χ2n) is 5.12. The van der Waals surface area contributed by atoms with Gasteiger partial charge in [-0.2, -0.15) is 0 Å². The van der Waals surface area contributed by atoms with Gasteiger partial charge in [0.25, 0.3) is 0 Å². The Morgan fingerprint density at radius 1 is 1.24 bits per heavy atom. The molecular weight excluding hydrogens is 282 g/mol. The summed E-state index contributed by atoms with van der Waals surface area (Å²) in [6.45, 7) is 6.08. The summed E-state index contributed by atoms with van der Waals surface area (Å²) >= 11 is 5.97. The average molecular weight is 304 g/mol. The lowest BCUT2D eigenvalue weighted by atomic mass is 10.1. The van der Waals surface area contributed by atoms with Crippen LogP contribution in [0, 0.1) is 0 Å². The molecule has 3 nitrogen and oxygen atoms in total. The smallest absolute Gasteiger partial charge is 0.0511 e. The van der Waals surface area contributed by atoms with Crippen molar-refractivity contribution < 1.29 is 0 Å². The highest BCUT2D eigenvalue weighted by molar-refractivity contribution is 6.30. The van der Waals surface area contributed by atoms with Crippen LogP contribution in [0.1, 0.15) is 31.0 Å². The standard InChI is InChI=1S/C17H22ClN3/c1-4-19-11-15-12-20-10-9-17(15)21(3)13(2)14-5-7-16(18)8-6-14/h5-10,12-13,19H,4,11H2,1-3H3. The summed E-state index contributed by atoms with van der Waals surface area (Å²) in [6.07, 6.45) is 3.78. The predicted octanol–water partition coefficient (Wildman–Crippen LogP) is 4.04. The number of rotatable bonds is 6. The van der Waals surface area contributed by atoms with Gasteiger partial charge in [0.1, 0.15) is 0 Å². The molecule has 0 aliphatic carbocycles. The van der Waals surface area contributed by atoms with Crippen molar-refractivity contribution in [2.75, 3.05) is 18.5 Å². The molecule has 0 bridgehead atoms. The molecule has 112 valence electrons. The fraction of sp³-hybridized carbons (Fsp3) is 0.353. The minimum atomic E-state index is 0.269. The molecule has 0 fully saturated rings. The second kappa shape index (κ2) is 7.43. The SMILES string of the molecule is CCNCc1cnccc1N(C)C(C)c1ccc(Cl)cc1. The number of hydrogen-bond donors (Lipinski definition) is 1. The van der Waals surface area contributed by atoms with Gasteiger partial charge in [-0.15, -0.1) is 0 Å². The number of benzene rings is 1. The molecule has 2 aromatic rings. The number of nitrogens with one attached hydrogen (secondary N) is 1. The summed E-state index contributed by atoms with van der Waals surface area (Å²) < 4.78 is 0. The van der Waals surface area contributed by atoms with Gasteiger partial charge in [-0.05, 0) is 37.2 Å². The number of aromatic nitrogens is 1. The van der Waals surface area contributed by atoms with Crippen molar-refractivity contribution in [3.8, 4) is 0 Å². The van der Waals surface area contributed by atoms with E-state index >= 15 is 0 Å². The Bertz CT molecular complexity index is 569. The first-order valence-electron chi connectivity index (χ1n) is 7.25. The van der Waals surface area contributed by atoms with E-state index in [1.807, 2.05) is 24.5 Å². The van der Waals surface area contributed by atoms with Crippen LogP contribution < -0.4 is 10.2 Å². The van der Waals surface area contributed by atoms with Crippen molar-refractivity contribution in [3.05, 3.63) is 58.9 Å². The molecule has 0 spiro atoms. The molecule has 1 atom stereocenters. The molecule has 1 heterocycles. The van der Waals surface area contributed by atoms with Crippen LogP contribution in [0.3, 0.4) is 0 Å². The maximum atomic E-state index is 5.97. The Morgan fingerprint density at radius 2 is 1.95 bits per heavy atom. The highest BCUT2D eigenvalue weighted by atomic mass is 35.5. The van der Waals surface area contributed by atoms with Gasteiger partial charge in [0.05, 0.1) is 6.04 Å². The summed E-state index contributed by atoms with van der Waals surface area (Å²) in [5.41, 5.74) is 3.66. The first-order chi connectivity index (χ1) is 10.1. The quantitative estimate of drug-likeness (QED) is 0.873. The third-order valence-electron chi connectivity index (χ3n) is 3.76. The van der Waals surface area contributed by atoms with E-state index in [0.29, 0.717) is 0 Å². The summed E-state index contributed by atoms with van der Waals surface area (Å²) in [4.78, 5) is 6.52. The molecule has 1 unspecified atom stereocenters. The van der Waals surface area contributed by atoms with E-state index in [1.54, 1.807) is 0 Å². The fourth-order valence-electron chi connectivity index (χ4n) is 2.33. The van der Waals surface area contributed by atoms with E-state index in [4.69, 9.17) is 11.6 Å². The molecule has 0 aliphatic rings. The van der Waals surface area contributed by atoms with Crippen molar-refractivity contribution in [1.82, 2.24) is 10.3 Å². The summed E-state index contributed by atoms with van der Waals surface area (Å²) in [7, 11) is 2.12. The lowest BCUT2D eigenvalue weighted by Gasteiger charge is -2.29. The molecule has 0 radical (unpaired) electrons. The molecule has 1 aromatic carbocycles. The topological polar surface area (TPSA) is 28.2 Å². The van der Waals surface area contributed by atoms with Crippen molar-refractivity contribution >= 4 is 17.3 Å². The van der Waals surface area contributed by atoms with Crippen LogP contribution in [0.5, 0.6) is 0 Å². The van der Waals surface area contributed by atoms with E-state index in [-0.39, 0.29) is 6.04 Å². The van der Waals surface area contributed by atoms with Gasteiger partial charge in [-0.3, -0.25) is 4.98 Å². The van der Waals surface area contributed by atoms with Crippen molar-refractivity contribution in [3.63, 3.8) is 0 Å². The number of hydrogen-bond acceptors (Lipinski definition) is 3. The van der Waals surface area contributed by atoms with Crippen LogP contribution in [0.2, 0.25) is 5.02 Å². The van der Waals surface area contributed by atoms with Crippen LogP contribution in [0.15, 0.2) is 42.7 Å². The lowest BCUT2D eigenvalue weighted by Crippen LogP contribution is -2.24. The van der Waals surface area contributed by atoms with Gasteiger partial charge >= 0.3 is 0 Å². The molecule has 1 aromatic heterocycles. The van der Waals surface area contributed by atoms with E-state index < -0.39 is 0 Å². The molecule has 1 N–H and O–H groups in total. The van der Waals surface area contributed by atoms with Gasteiger partial charge in [0.15, 0.2) is 0 Å². The lowest BCUT2D eigenvalue weighted by molar-refractivity contribution is 0.701. The first-order valence-corrected chi connectivity index (χ1v) is 7.63. The molecule has 0 saturated carbocycles. The van der Waals surface area contributed by atoms with Gasteiger partial charge in [0, 0.05) is 42.3 Å². The third-order valence-corrected chi connectivity index (χ3v) is 4.01. The zero-order valence-electron chi connectivity index (χ0n) is 12.8. The maximum Gasteiger partial charge on any atom is 0.0511 e. The Labute approximate surface area is 132 Å². The van der Waals surface area contributed by atoms with Crippen LogP contribution in [0.4, 0.5) is 5.69 Å². The zero-order chi connectivity index (χ0) is 15.2. The largest absolute Gasteiger partial charge is 0.367 e. The highest BCUT2D eigenvalue weighted by Crippen LogP contribution is 2.28. The van der Waals surface area contributed by atoms with E-state index in [1.165, 1.54) is 16.8 Å².